The van der Waals surface area contributed by atoms with Crippen LogP contribution in [-0.2, 0) is 4.79 Å². The van der Waals surface area contributed by atoms with Crippen LogP contribution in [0.4, 0.5) is 10.2 Å². The Labute approximate surface area is 263 Å². The maximum atomic E-state index is 13.9. The number of pyridine rings is 1. The molecular weight excluding hydrogens is 612 g/mol. The van der Waals surface area contributed by atoms with Crippen molar-refractivity contribution in [1.29, 1.82) is 0 Å². The summed E-state index contributed by atoms with van der Waals surface area (Å²) in [6.45, 7) is 3.71. The molecule has 1 saturated heterocycles. The van der Waals surface area contributed by atoms with Crippen molar-refractivity contribution in [3.8, 4) is 28.4 Å². The molecule has 0 spiro atoms. The van der Waals surface area contributed by atoms with Gasteiger partial charge in [-0.05, 0) is 74.8 Å². The number of hydrogen-bond donors (Lipinski definition) is 4. The number of halogens is 3. The predicted molar refractivity (Wildman–Crippen MR) is 168 cm³/mol. The number of carboxylic acid groups (broad SMARTS) is 1. The molecule has 0 unspecified atom stereocenters. The minimum atomic E-state index is -1.02. The molecule has 5 rings (SSSR count). The number of nitrogens with one attached hydrogen (secondary N) is 1. The number of ether oxygens (including phenoxy) is 2. The van der Waals surface area contributed by atoms with E-state index in [4.69, 9.17) is 43.5 Å². The molecule has 0 amide bonds. The van der Waals surface area contributed by atoms with E-state index in [0.29, 0.717) is 33.7 Å². The molecule has 2 aromatic heterocycles. The minimum absolute atomic E-state index is 0.0278. The third kappa shape index (κ3) is 8.19. The van der Waals surface area contributed by atoms with Gasteiger partial charge >= 0.3 is 5.97 Å². The maximum absolute atomic E-state index is 13.9. The van der Waals surface area contributed by atoms with Gasteiger partial charge in [-0.15, -0.1) is 0 Å². The first-order chi connectivity index (χ1) is 21.1. The van der Waals surface area contributed by atoms with Gasteiger partial charge in [0, 0.05) is 40.2 Å². The van der Waals surface area contributed by atoms with Gasteiger partial charge in [-0.3, -0.25) is 4.68 Å². The van der Waals surface area contributed by atoms with E-state index in [2.05, 4.69) is 15.4 Å². The van der Waals surface area contributed by atoms with Gasteiger partial charge in [0.15, 0.2) is 23.1 Å². The third-order valence-corrected chi connectivity index (χ3v) is 7.62. The highest BCUT2D eigenvalue weighted by Crippen LogP contribution is 2.37. The van der Waals surface area contributed by atoms with Crippen LogP contribution in [0.5, 0.6) is 17.2 Å². The summed E-state index contributed by atoms with van der Waals surface area (Å²) in [7, 11) is 1.43. The Hall–Kier alpha value is -4.32. The Balaban J connectivity index is 0.000000265. The van der Waals surface area contributed by atoms with E-state index in [9.17, 15) is 14.3 Å². The zero-order valence-corrected chi connectivity index (χ0v) is 25.5. The summed E-state index contributed by atoms with van der Waals surface area (Å²) < 4.78 is 26.7. The van der Waals surface area contributed by atoms with Crippen molar-refractivity contribution in [2.24, 2.45) is 0 Å². The van der Waals surface area contributed by atoms with Crippen molar-refractivity contribution in [3.63, 3.8) is 0 Å². The van der Waals surface area contributed by atoms with Gasteiger partial charge in [0.25, 0.3) is 0 Å². The molecule has 3 heterocycles. The normalized spacial score (nSPS) is 14.1. The van der Waals surface area contributed by atoms with Crippen molar-refractivity contribution in [3.05, 3.63) is 88.1 Å². The van der Waals surface area contributed by atoms with Crippen LogP contribution in [0.3, 0.4) is 0 Å². The first kappa shape index (κ1) is 32.6. The molecule has 0 radical (unpaired) electrons. The second kappa shape index (κ2) is 14.9. The first-order valence-corrected chi connectivity index (χ1v) is 14.4. The number of phenols is 1. The highest BCUT2D eigenvalue weighted by molar-refractivity contribution is 6.36. The van der Waals surface area contributed by atoms with Gasteiger partial charge in [-0.1, -0.05) is 29.3 Å². The zero-order chi connectivity index (χ0) is 31.8. The van der Waals surface area contributed by atoms with Crippen LogP contribution in [0.25, 0.3) is 17.2 Å². The standard InChI is InChI=1S/C21H22Cl2FN5O.C10H10O4/c1-12(19-16(22)2-3-17(24)20(19)23)30-18-8-13(9-27-21(18)25)14-10-28-29(11-14)15-4-6-26-7-5-15;1-14-9-6-7(2-4-8(9)11)3-5-10(12)13/h2-3,8-12,15,26H,4-7H2,1H3,(H2,25,27);2-6,11H,1H3,(H,12,13)/b;5-3+/t12-;/m1./s1. The summed E-state index contributed by atoms with van der Waals surface area (Å²) in [6, 6.07) is 9.44. The first-order valence-electron chi connectivity index (χ1n) is 13.7. The van der Waals surface area contributed by atoms with Crippen molar-refractivity contribution in [1.82, 2.24) is 20.1 Å². The van der Waals surface area contributed by atoms with E-state index in [0.717, 1.165) is 43.1 Å². The number of benzene rings is 2. The molecule has 0 saturated carbocycles. The number of rotatable bonds is 8. The number of nitrogens with zero attached hydrogens (tertiary/aromatic N) is 3. The van der Waals surface area contributed by atoms with Crippen molar-refractivity contribution < 1.29 is 28.9 Å². The molecule has 0 bridgehead atoms. The highest BCUT2D eigenvalue weighted by atomic mass is 35.5. The fourth-order valence-electron chi connectivity index (χ4n) is 4.60. The number of aromatic hydroxyl groups is 1. The summed E-state index contributed by atoms with van der Waals surface area (Å²) >= 11 is 12.3. The number of carboxylic acids is 1. The Bertz CT molecular complexity index is 1640. The van der Waals surface area contributed by atoms with E-state index >= 15 is 0 Å². The molecular formula is C31H32Cl2FN5O5. The third-order valence-electron chi connectivity index (χ3n) is 6.91. The molecule has 0 aliphatic carbocycles. The number of piperidine rings is 1. The van der Waals surface area contributed by atoms with Crippen molar-refractivity contribution in [2.75, 3.05) is 25.9 Å². The van der Waals surface area contributed by atoms with E-state index in [1.807, 2.05) is 17.1 Å². The molecule has 10 nitrogen and oxygen atoms in total. The number of carbonyl (C=O) groups is 1. The molecule has 1 fully saturated rings. The summed E-state index contributed by atoms with van der Waals surface area (Å²) in [5, 5.41) is 25.8. The monoisotopic (exact) mass is 643 g/mol. The fraction of sp³-hybridized carbons (Fsp3) is 0.258. The number of methoxy groups -OCH3 is 1. The lowest BCUT2D eigenvalue weighted by Crippen LogP contribution is -2.29. The molecule has 4 aromatic rings. The lowest BCUT2D eigenvalue weighted by Gasteiger charge is -2.22. The van der Waals surface area contributed by atoms with Gasteiger partial charge in [-0.2, -0.15) is 5.10 Å². The van der Waals surface area contributed by atoms with Gasteiger partial charge in [0.2, 0.25) is 0 Å². The van der Waals surface area contributed by atoms with Crippen LogP contribution in [-0.4, -0.2) is 51.1 Å². The molecule has 5 N–H and O–H groups in total. The van der Waals surface area contributed by atoms with E-state index in [1.54, 1.807) is 31.3 Å². The number of anilines is 1. The molecule has 232 valence electrons. The van der Waals surface area contributed by atoms with E-state index < -0.39 is 17.9 Å². The molecule has 1 aliphatic rings. The van der Waals surface area contributed by atoms with Gasteiger partial charge < -0.3 is 30.7 Å². The SMILES string of the molecule is COc1cc(/C=C/C(=O)O)ccc1O.C[C@@H](Oc1cc(-c2cnn(C3CCNCC3)c2)cnc1N)c1c(Cl)ccc(F)c1Cl. The molecule has 13 heteroatoms. The second-order valence-corrected chi connectivity index (χ2v) is 10.7. The summed E-state index contributed by atoms with van der Waals surface area (Å²) in [5.74, 6) is -0.641. The number of hydrogen-bond acceptors (Lipinski definition) is 8. The average Bonchev–Trinajstić information content (AvgIpc) is 3.51. The zero-order valence-electron chi connectivity index (χ0n) is 24.0. The predicted octanol–water partition coefficient (Wildman–Crippen LogP) is 6.54. The summed E-state index contributed by atoms with van der Waals surface area (Å²) in [6.07, 6.45) is 9.40. The van der Waals surface area contributed by atoms with Crippen LogP contribution < -0.4 is 20.5 Å². The number of nitrogen functional groups attached to an aromatic ring is 1. The Kier molecular flexibility index (Phi) is 11.0. The Morgan fingerprint density at radius 2 is 1.91 bits per heavy atom. The molecule has 1 atom stereocenters. The van der Waals surface area contributed by atoms with Crippen LogP contribution in [0.2, 0.25) is 10.0 Å². The Morgan fingerprint density at radius 3 is 2.61 bits per heavy atom. The summed E-state index contributed by atoms with van der Waals surface area (Å²) in [5.41, 5.74) is 8.77. The minimum Gasteiger partial charge on any atom is -0.504 e. The fourth-order valence-corrected chi connectivity index (χ4v) is 5.27. The molecule has 44 heavy (non-hydrogen) atoms. The Morgan fingerprint density at radius 1 is 1.16 bits per heavy atom. The average molecular weight is 645 g/mol. The number of aromatic nitrogens is 3. The van der Waals surface area contributed by atoms with Gasteiger partial charge in [-0.25, -0.2) is 14.2 Å². The quantitative estimate of drug-likeness (QED) is 0.124. The van der Waals surface area contributed by atoms with Gasteiger partial charge in [0.05, 0.1) is 24.4 Å². The number of aliphatic carboxylic acids is 1. The lowest BCUT2D eigenvalue weighted by atomic mass is 10.1. The topological polar surface area (TPSA) is 145 Å². The molecule has 2 aromatic carbocycles. The maximum Gasteiger partial charge on any atom is 0.328 e. The van der Waals surface area contributed by atoms with Crippen LogP contribution >= 0.6 is 23.2 Å². The van der Waals surface area contributed by atoms with Crippen molar-refractivity contribution in [2.45, 2.75) is 31.9 Å². The number of nitrogens with two attached hydrogens (primary N) is 1. The lowest BCUT2D eigenvalue weighted by molar-refractivity contribution is -0.131. The highest BCUT2D eigenvalue weighted by Gasteiger charge is 2.21. The smallest absolute Gasteiger partial charge is 0.328 e. The van der Waals surface area contributed by atoms with Crippen LogP contribution in [0.1, 0.15) is 43.0 Å². The van der Waals surface area contributed by atoms with Crippen molar-refractivity contribution >= 4 is 41.1 Å². The van der Waals surface area contributed by atoms with Gasteiger partial charge in [0.1, 0.15) is 11.9 Å². The van der Waals surface area contributed by atoms with E-state index in [1.165, 1.54) is 31.4 Å². The second-order valence-electron chi connectivity index (χ2n) is 9.92. The summed E-state index contributed by atoms with van der Waals surface area (Å²) in [4.78, 5) is 14.5. The molecule has 1 aliphatic heterocycles. The van der Waals surface area contributed by atoms with Crippen LogP contribution in [0.15, 0.2) is 61.1 Å². The largest absolute Gasteiger partial charge is 0.504 e. The van der Waals surface area contributed by atoms with E-state index in [-0.39, 0.29) is 16.6 Å². The number of phenolic OH excluding ortho intramolecular Hbond substituents is 1. The van der Waals surface area contributed by atoms with Crippen LogP contribution in [0, 0.1) is 5.82 Å².